The first-order valence-electron chi connectivity index (χ1n) is 3.99. The molecule has 0 N–H and O–H groups in total. The lowest BCUT2D eigenvalue weighted by molar-refractivity contribution is -0.0753. The number of thiophene rings is 1. The fourth-order valence-electron chi connectivity index (χ4n) is 0.880. The average Bonchev–Trinajstić information content (AvgIpc) is 2.64. The van der Waals surface area contributed by atoms with Crippen LogP contribution in [0.4, 0.5) is 0 Å². The molecule has 1 amide bonds. The van der Waals surface area contributed by atoms with Crippen LogP contribution in [0.2, 0.25) is 0 Å². The van der Waals surface area contributed by atoms with E-state index in [1.807, 2.05) is 0 Å². The van der Waals surface area contributed by atoms with Crippen molar-refractivity contribution >= 4 is 23.0 Å². The molecule has 14 heavy (non-hydrogen) atoms. The summed E-state index contributed by atoms with van der Waals surface area (Å²) in [7, 11) is 2.94. The van der Waals surface area contributed by atoms with Crippen molar-refractivity contribution in [2.75, 3.05) is 14.2 Å². The number of ketones is 1. The molecule has 0 aliphatic rings. The molecule has 0 saturated heterocycles. The summed E-state index contributed by atoms with van der Waals surface area (Å²) < 4.78 is 0. The van der Waals surface area contributed by atoms with Crippen LogP contribution in [0.15, 0.2) is 12.1 Å². The average molecular weight is 213 g/mol. The molecule has 0 fully saturated rings. The van der Waals surface area contributed by atoms with E-state index in [-0.39, 0.29) is 11.7 Å². The number of amides is 1. The van der Waals surface area contributed by atoms with Crippen molar-refractivity contribution in [3.63, 3.8) is 0 Å². The highest BCUT2D eigenvalue weighted by Gasteiger charge is 2.14. The van der Waals surface area contributed by atoms with Gasteiger partial charge in [0, 0.05) is 7.05 Å². The normalized spacial score (nSPS) is 9.93. The van der Waals surface area contributed by atoms with Crippen molar-refractivity contribution in [3.05, 3.63) is 21.9 Å². The Hall–Kier alpha value is -1.20. The lowest BCUT2D eigenvalue weighted by atomic mass is 10.3. The quantitative estimate of drug-likeness (QED) is 0.565. The summed E-state index contributed by atoms with van der Waals surface area (Å²) in [4.78, 5) is 28.3. The van der Waals surface area contributed by atoms with Gasteiger partial charge in [0.15, 0.2) is 5.78 Å². The third-order valence-electron chi connectivity index (χ3n) is 1.72. The maximum Gasteiger partial charge on any atom is 0.287 e. The third-order valence-corrected chi connectivity index (χ3v) is 2.90. The summed E-state index contributed by atoms with van der Waals surface area (Å²) in [6.07, 6.45) is 0. The van der Waals surface area contributed by atoms with E-state index in [0.29, 0.717) is 9.75 Å². The minimum Gasteiger partial charge on any atom is -0.294 e. The van der Waals surface area contributed by atoms with Crippen LogP contribution in [0.5, 0.6) is 0 Å². The van der Waals surface area contributed by atoms with E-state index in [1.165, 1.54) is 32.4 Å². The van der Waals surface area contributed by atoms with E-state index >= 15 is 0 Å². The van der Waals surface area contributed by atoms with Gasteiger partial charge in [-0.1, -0.05) is 0 Å². The van der Waals surface area contributed by atoms with Crippen LogP contribution in [0.1, 0.15) is 26.3 Å². The molecule has 76 valence electrons. The molecule has 0 radical (unpaired) electrons. The van der Waals surface area contributed by atoms with Crippen molar-refractivity contribution in [3.8, 4) is 0 Å². The second-order valence-electron chi connectivity index (χ2n) is 2.71. The van der Waals surface area contributed by atoms with Gasteiger partial charge in [-0.15, -0.1) is 11.3 Å². The van der Waals surface area contributed by atoms with Gasteiger partial charge in [0.25, 0.3) is 5.91 Å². The van der Waals surface area contributed by atoms with Gasteiger partial charge in [-0.05, 0) is 19.1 Å². The third kappa shape index (κ3) is 2.18. The first-order valence-corrected chi connectivity index (χ1v) is 4.81. The Balaban J connectivity index is 2.87. The monoisotopic (exact) mass is 213 g/mol. The fraction of sp³-hybridized carbons (Fsp3) is 0.333. The Morgan fingerprint density at radius 3 is 2.36 bits per heavy atom. The number of carbonyl (C=O) groups is 2. The summed E-state index contributed by atoms with van der Waals surface area (Å²) in [5.74, 6) is -0.279. The van der Waals surface area contributed by atoms with Gasteiger partial charge < -0.3 is 0 Å². The summed E-state index contributed by atoms with van der Waals surface area (Å²) >= 11 is 1.17. The first-order chi connectivity index (χ1) is 6.56. The molecule has 0 saturated carbocycles. The molecule has 1 aromatic heterocycles. The van der Waals surface area contributed by atoms with Gasteiger partial charge in [0.05, 0.1) is 16.9 Å². The van der Waals surface area contributed by atoms with Gasteiger partial charge in [0.2, 0.25) is 0 Å². The second-order valence-corrected chi connectivity index (χ2v) is 3.79. The topological polar surface area (TPSA) is 46.6 Å². The van der Waals surface area contributed by atoms with Gasteiger partial charge in [-0.3, -0.25) is 14.4 Å². The molecule has 4 nitrogen and oxygen atoms in total. The minimum atomic E-state index is -0.245. The number of hydroxylamine groups is 2. The predicted molar refractivity (Wildman–Crippen MR) is 53.4 cm³/mol. The summed E-state index contributed by atoms with van der Waals surface area (Å²) in [6, 6.07) is 3.27. The van der Waals surface area contributed by atoms with Crippen molar-refractivity contribution in [2.45, 2.75) is 6.92 Å². The molecule has 0 atom stereocenters. The van der Waals surface area contributed by atoms with Gasteiger partial charge in [-0.25, -0.2) is 5.06 Å². The highest BCUT2D eigenvalue weighted by atomic mass is 32.1. The van der Waals surface area contributed by atoms with Crippen molar-refractivity contribution in [1.82, 2.24) is 5.06 Å². The predicted octanol–water partition coefficient (Wildman–Crippen LogP) is 1.58. The molecule has 5 heteroatoms. The number of carbonyl (C=O) groups excluding carboxylic acids is 2. The van der Waals surface area contributed by atoms with Crippen LogP contribution in [0, 0.1) is 0 Å². The second kappa shape index (κ2) is 4.34. The Morgan fingerprint density at radius 2 is 1.93 bits per heavy atom. The zero-order valence-corrected chi connectivity index (χ0v) is 9.05. The molecule has 1 heterocycles. The van der Waals surface area contributed by atoms with Crippen LogP contribution < -0.4 is 0 Å². The highest BCUT2D eigenvalue weighted by molar-refractivity contribution is 7.15. The Kier molecular flexibility index (Phi) is 3.38. The van der Waals surface area contributed by atoms with E-state index < -0.39 is 0 Å². The van der Waals surface area contributed by atoms with E-state index in [1.54, 1.807) is 12.1 Å². The van der Waals surface area contributed by atoms with Gasteiger partial charge >= 0.3 is 0 Å². The van der Waals surface area contributed by atoms with E-state index in [2.05, 4.69) is 0 Å². The Morgan fingerprint density at radius 1 is 1.36 bits per heavy atom. The number of rotatable bonds is 3. The number of hydrogen-bond acceptors (Lipinski definition) is 4. The molecule has 0 aliphatic carbocycles. The lowest BCUT2D eigenvalue weighted by Gasteiger charge is -2.11. The smallest absolute Gasteiger partial charge is 0.287 e. The van der Waals surface area contributed by atoms with Crippen LogP contribution >= 0.6 is 11.3 Å². The van der Waals surface area contributed by atoms with Crippen LogP contribution in [0.25, 0.3) is 0 Å². The highest BCUT2D eigenvalue weighted by Crippen LogP contribution is 2.18. The van der Waals surface area contributed by atoms with E-state index in [4.69, 9.17) is 4.84 Å². The number of nitrogens with zero attached hydrogens (tertiary/aromatic N) is 1. The molecule has 1 aromatic rings. The van der Waals surface area contributed by atoms with Gasteiger partial charge in [-0.2, -0.15) is 0 Å². The maximum atomic E-state index is 11.5. The summed E-state index contributed by atoms with van der Waals surface area (Å²) in [6.45, 7) is 1.47. The molecule has 0 bridgehead atoms. The molecular weight excluding hydrogens is 202 g/mol. The molecular formula is C9H11NO3S. The Bertz CT molecular complexity index is 359. The molecule has 0 spiro atoms. The van der Waals surface area contributed by atoms with Crippen molar-refractivity contribution in [1.29, 1.82) is 0 Å². The van der Waals surface area contributed by atoms with E-state index in [0.717, 1.165) is 5.06 Å². The largest absolute Gasteiger partial charge is 0.294 e. The van der Waals surface area contributed by atoms with Crippen LogP contribution in [-0.4, -0.2) is 30.9 Å². The number of hydrogen-bond donors (Lipinski definition) is 0. The van der Waals surface area contributed by atoms with Gasteiger partial charge in [0.1, 0.15) is 0 Å². The van der Waals surface area contributed by atoms with Crippen molar-refractivity contribution < 1.29 is 14.4 Å². The molecule has 0 aliphatic heterocycles. The zero-order chi connectivity index (χ0) is 10.7. The standard InChI is InChI=1S/C9H11NO3S/c1-6(11)7-4-5-8(14-7)9(12)10(2)13-3/h4-5H,1-3H3. The lowest BCUT2D eigenvalue weighted by Crippen LogP contribution is -2.24. The maximum absolute atomic E-state index is 11.5. The van der Waals surface area contributed by atoms with Crippen LogP contribution in [-0.2, 0) is 4.84 Å². The fourth-order valence-corrected chi connectivity index (χ4v) is 1.75. The SMILES string of the molecule is CON(C)C(=O)c1ccc(C(C)=O)s1. The Labute approximate surface area is 86.0 Å². The van der Waals surface area contributed by atoms with E-state index in [9.17, 15) is 9.59 Å². The summed E-state index contributed by atoms with van der Waals surface area (Å²) in [5, 5.41) is 1.12. The molecule has 0 unspecified atom stereocenters. The first kappa shape index (κ1) is 10.9. The zero-order valence-electron chi connectivity index (χ0n) is 8.23. The number of Topliss-reactive ketones (excluding diaryl/α,β-unsaturated/α-hetero) is 1. The van der Waals surface area contributed by atoms with Crippen molar-refractivity contribution in [2.24, 2.45) is 0 Å². The molecule has 0 aromatic carbocycles. The molecule has 1 rings (SSSR count). The minimum absolute atomic E-state index is 0.0332. The summed E-state index contributed by atoms with van der Waals surface area (Å²) in [5.41, 5.74) is 0. The van der Waals surface area contributed by atoms with Crippen LogP contribution in [0.3, 0.4) is 0 Å².